The van der Waals surface area contributed by atoms with Gasteiger partial charge in [-0.15, -0.1) is 0 Å². The molecule has 0 fully saturated rings. The first-order chi connectivity index (χ1) is 12.2. The Morgan fingerprint density at radius 3 is 2.64 bits per heavy atom. The number of benzene rings is 2. The third-order valence-electron chi connectivity index (χ3n) is 3.51. The molecule has 1 amide bonds. The number of H-pyrrole nitrogens is 1. The van der Waals surface area contributed by atoms with Gasteiger partial charge in [0, 0.05) is 11.9 Å². The molecule has 3 rings (SSSR count). The van der Waals surface area contributed by atoms with E-state index in [0.717, 1.165) is 5.69 Å². The fraction of sp³-hybridized carbons (Fsp3) is 0.111. The Labute approximate surface area is 149 Å². The zero-order chi connectivity index (χ0) is 17.6. The number of carbonyl (C=O) groups excluding carboxylic acids is 1. The van der Waals surface area contributed by atoms with Crippen LogP contribution in [0, 0.1) is 10.6 Å². The Morgan fingerprint density at radius 1 is 1.16 bits per heavy atom. The first kappa shape index (κ1) is 16.9. The second-order valence-electron chi connectivity index (χ2n) is 5.18. The number of para-hydroxylation sites is 2. The molecule has 0 bridgehead atoms. The second-order valence-corrected chi connectivity index (χ2v) is 5.57. The van der Waals surface area contributed by atoms with Gasteiger partial charge in [0.15, 0.2) is 16.3 Å². The van der Waals surface area contributed by atoms with Crippen molar-refractivity contribution in [2.45, 2.75) is 0 Å². The number of carbonyl (C=O) groups is 1. The third kappa shape index (κ3) is 3.95. The molecule has 0 saturated carbocycles. The number of ether oxygens (including phenoxy) is 1. The molecule has 7 heteroatoms. The van der Waals surface area contributed by atoms with Gasteiger partial charge in [-0.3, -0.25) is 9.36 Å². The molecule has 0 atom stereocenters. The van der Waals surface area contributed by atoms with Crippen LogP contribution in [-0.2, 0) is 0 Å². The summed E-state index contributed by atoms with van der Waals surface area (Å²) in [4.78, 5) is 15.3. The number of amides is 1. The van der Waals surface area contributed by atoms with Crippen LogP contribution < -0.4 is 10.1 Å². The second kappa shape index (κ2) is 7.76. The lowest BCUT2D eigenvalue weighted by Crippen LogP contribution is -2.29. The SMILES string of the molecule is O=C(NCCOc1ccccc1F)c1c[nH]c(=S)n1-c1ccccc1. The minimum absolute atomic E-state index is 0.156. The number of imidazole rings is 1. The van der Waals surface area contributed by atoms with Crippen molar-refractivity contribution < 1.29 is 13.9 Å². The van der Waals surface area contributed by atoms with E-state index in [1.165, 1.54) is 12.1 Å². The van der Waals surface area contributed by atoms with E-state index in [1.807, 2.05) is 30.3 Å². The van der Waals surface area contributed by atoms with Crippen LogP contribution in [0.4, 0.5) is 4.39 Å². The molecule has 0 spiro atoms. The summed E-state index contributed by atoms with van der Waals surface area (Å²) in [5, 5.41) is 2.74. The predicted octanol–water partition coefficient (Wildman–Crippen LogP) is 3.48. The van der Waals surface area contributed by atoms with E-state index in [1.54, 1.807) is 22.9 Å². The number of nitrogens with one attached hydrogen (secondary N) is 2. The zero-order valence-electron chi connectivity index (χ0n) is 13.2. The molecule has 25 heavy (non-hydrogen) atoms. The lowest BCUT2D eigenvalue weighted by atomic mass is 10.3. The van der Waals surface area contributed by atoms with Gasteiger partial charge in [-0.05, 0) is 36.5 Å². The molecule has 0 saturated heterocycles. The molecule has 2 N–H and O–H groups in total. The lowest BCUT2D eigenvalue weighted by molar-refractivity contribution is 0.0940. The van der Waals surface area contributed by atoms with Gasteiger partial charge in [0.25, 0.3) is 5.91 Å². The average molecular weight is 357 g/mol. The van der Waals surface area contributed by atoms with Gasteiger partial charge in [-0.2, -0.15) is 0 Å². The molecular formula is C18H16FN3O2S. The van der Waals surface area contributed by atoms with Crippen LogP contribution in [0.15, 0.2) is 60.8 Å². The maximum atomic E-state index is 13.5. The topological polar surface area (TPSA) is 59.0 Å². The zero-order valence-corrected chi connectivity index (χ0v) is 14.1. The largest absolute Gasteiger partial charge is 0.489 e. The monoisotopic (exact) mass is 357 g/mol. The van der Waals surface area contributed by atoms with Gasteiger partial charge in [-0.25, -0.2) is 4.39 Å². The van der Waals surface area contributed by atoms with Gasteiger partial charge >= 0.3 is 0 Å². The van der Waals surface area contributed by atoms with Crippen molar-refractivity contribution in [3.8, 4) is 11.4 Å². The summed E-state index contributed by atoms with van der Waals surface area (Å²) >= 11 is 5.25. The molecule has 0 radical (unpaired) electrons. The molecule has 0 aliphatic rings. The van der Waals surface area contributed by atoms with Crippen LogP contribution >= 0.6 is 12.2 Å². The first-order valence-electron chi connectivity index (χ1n) is 7.68. The molecule has 5 nitrogen and oxygen atoms in total. The highest BCUT2D eigenvalue weighted by Gasteiger charge is 2.14. The summed E-state index contributed by atoms with van der Waals surface area (Å²) < 4.78 is 20.9. The van der Waals surface area contributed by atoms with Crippen molar-refractivity contribution in [3.05, 3.63) is 77.1 Å². The van der Waals surface area contributed by atoms with Gasteiger partial charge in [-0.1, -0.05) is 30.3 Å². The minimum Gasteiger partial charge on any atom is -0.489 e. The normalized spacial score (nSPS) is 10.4. The van der Waals surface area contributed by atoms with Gasteiger partial charge < -0.3 is 15.0 Å². The van der Waals surface area contributed by atoms with E-state index in [9.17, 15) is 9.18 Å². The molecule has 3 aromatic rings. The van der Waals surface area contributed by atoms with Crippen LogP contribution in [0.25, 0.3) is 5.69 Å². The summed E-state index contributed by atoms with van der Waals surface area (Å²) in [5.74, 6) is -0.573. The molecule has 0 aliphatic heterocycles. The summed E-state index contributed by atoms with van der Waals surface area (Å²) in [7, 11) is 0. The van der Waals surface area contributed by atoms with E-state index in [2.05, 4.69) is 10.3 Å². The van der Waals surface area contributed by atoms with Crippen molar-refractivity contribution >= 4 is 18.1 Å². The summed E-state index contributed by atoms with van der Waals surface area (Å²) in [6.07, 6.45) is 1.56. The third-order valence-corrected chi connectivity index (χ3v) is 3.81. The van der Waals surface area contributed by atoms with E-state index in [-0.39, 0.29) is 24.8 Å². The van der Waals surface area contributed by atoms with Crippen molar-refractivity contribution in [2.24, 2.45) is 0 Å². The number of aromatic nitrogens is 2. The first-order valence-corrected chi connectivity index (χ1v) is 8.09. The van der Waals surface area contributed by atoms with E-state index in [0.29, 0.717) is 10.5 Å². The summed E-state index contributed by atoms with van der Waals surface area (Å²) in [6, 6.07) is 15.5. The number of aromatic amines is 1. The van der Waals surface area contributed by atoms with Crippen molar-refractivity contribution in [3.63, 3.8) is 0 Å². The average Bonchev–Trinajstić information content (AvgIpc) is 3.02. The highest BCUT2D eigenvalue weighted by molar-refractivity contribution is 7.71. The molecule has 1 aromatic heterocycles. The van der Waals surface area contributed by atoms with Crippen LogP contribution in [0.2, 0.25) is 0 Å². The predicted molar refractivity (Wildman–Crippen MR) is 95.2 cm³/mol. The maximum Gasteiger partial charge on any atom is 0.269 e. The van der Waals surface area contributed by atoms with Crippen LogP contribution in [0.5, 0.6) is 5.75 Å². The molecule has 1 heterocycles. The van der Waals surface area contributed by atoms with E-state index >= 15 is 0 Å². The lowest BCUT2D eigenvalue weighted by Gasteiger charge is -2.10. The molecule has 0 unspecified atom stereocenters. The van der Waals surface area contributed by atoms with Gasteiger partial charge in [0.2, 0.25) is 0 Å². The number of hydrogen-bond acceptors (Lipinski definition) is 3. The van der Waals surface area contributed by atoms with Crippen molar-refractivity contribution in [2.75, 3.05) is 13.2 Å². The smallest absolute Gasteiger partial charge is 0.269 e. The number of nitrogens with zero attached hydrogens (tertiary/aromatic N) is 1. The Hall–Kier alpha value is -2.93. The molecule has 128 valence electrons. The Morgan fingerprint density at radius 2 is 1.88 bits per heavy atom. The van der Waals surface area contributed by atoms with Crippen LogP contribution in [0.3, 0.4) is 0 Å². The van der Waals surface area contributed by atoms with Crippen molar-refractivity contribution in [1.29, 1.82) is 0 Å². The quantitative estimate of drug-likeness (QED) is 0.524. The van der Waals surface area contributed by atoms with Gasteiger partial charge in [0.1, 0.15) is 12.3 Å². The van der Waals surface area contributed by atoms with Crippen LogP contribution in [-0.4, -0.2) is 28.6 Å². The Balaban J connectivity index is 1.63. The Bertz CT molecular complexity index is 921. The van der Waals surface area contributed by atoms with Gasteiger partial charge in [0.05, 0.1) is 6.54 Å². The maximum absolute atomic E-state index is 13.5. The molecular weight excluding hydrogens is 341 g/mol. The Kier molecular flexibility index (Phi) is 5.25. The number of hydrogen-bond donors (Lipinski definition) is 2. The fourth-order valence-corrected chi connectivity index (χ4v) is 2.61. The van der Waals surface area contributed by atoms with Crippen molar-refractivity contribution in [1.82, 2.24) is 14.9 Å². The molecule has 2 aromatic carbocycles. The number of halogens is 1. The standard InChI is InChI=1S/C18H16FN3O2S/c19-14-8-4-5-9-16(14)24-11-10-20-17(23)15-12-21-18(25)22(15)13-6-2-1-3-7-13/h1-9,12H,10-11H2,(H,20,23)(H,21,25). The van der Waals surface area contributed by atoms with E-state index < -0.39 is 5.82 Å². The highest BCUT2D eigenvalue weighted by Crippen LogP contribution is 2.15. The fourth-order valence-electron chi connectivity index (χ4n) is 2.35. The summed E-state index contributed by atoms with van der Waals surface area (Å²) in [5.41, 5.74) is 1.18. The highest BCUT2D eigenvalue weighted by atomic mass is 32.1. The van der Waals surface area contributed by atoms with E-state index in [4.69, 9.17) is 17.0 Å². The van der Waals surface area contributed by atoms with Crippen LogP contribution in [0.1, 0.15) is 10.5 Å². The molecule has 0 aliphatic carbocycles. The number of rotatable bonds is 6. The minimum atomic E-state index is -0.433. The summed E-state index contributed by atoms with van der Waals surface area (Å²) in [6.45, 7) is 0.392.